The fourth-order valence-corrected chi connectivity index (χ4v) is 3.83. The third-order valence-electron chi connectivity index (χ3n) is 4.87. The third-order valence-corrected chi connectivity index (χ3v) is 5.63. The summed E-state index contributed by atoms with van der Waals surface area (Å²) >= 11 is 1.52. The average Bonchev–Trinajstić information content (AvgIpc) is 3.33. The molecule has 0 spiro atoms. The number of nitrogens with one attached hydrogen (secondary N) is 2. The zero-order valence-corrected chi connectivity index (χ0v) is 19.7. The summed E-state index contributed by atoms with van der Waals surface area (Å²) in [6.45, 7) is 1.84. The van der Waals surface area contributed by atoms with E-state index in [-0.39, 0.29) is 12.5 Å². The van der Waals surface area contributed by atoms with Gasteiger partial charge in [0, 0.05) is 22.2 Å². The van der Waals surface area contributed by atoms with E-state index < -0.39 is 5.91 Å². The normalized spacial score (nSPS) is 10.8. The van der Waals surface area contributed by atoms with Crippen molar-refractivity contribution >= 4 is 40.2 Å². The number of carbonyl (C=O) groups excluding carboxylic acids is 2. The molecule has 4 aromatic rings. The molecule has 0 aliphatic rings. The number of ether oxygens (including phenoxy) is 1. The lowest BCUT2D eigenvalue weighted by Gasteiger charge is -2.04. The molecule has 4 N–H and O–H groups in total. The maximum atomic E-state index is 12.4. The summed E-state index contributed by atoms with van der Waals surface area (Å²) in [5, 5.41) is 10.1. The maximum Gasteiger partial charge on any atom is 0.271 e. The fraction of sp³-hybridized carbons (Fsp3) is 0.0769. The van der Waals surface area contributed by atoms with Crippen molar-refractivity contribution in [2.75, 3.05) is 11.9 Å². The van der Waals surface area contributed by atoms with Crippen LogP contribution in [0.5, 0.6) is 5.75 Å². The van der Waals surface area contributed by atoms with Crippen LogP contribution in [0.1, 0.15) is 21.5 Å². The van der Waals surface area contributed by atoms with Gasteiger partial charge in [0.05, 0.1) is 11.9 Å². The van der Waals surface area contributed by atoms with E-state index in [9.17, 15) is 9.59 Å². The number of hydrogen-bond donors (Lipinski definition) is 3. The molecule has 4 rings (SSSR count). The first-order chi connectivity index (χ1) is 17.0. The molecule has 9 heteroatoms. The van der Waals surface area contributed by atoms with Gasteiger partial charge in [0.25, 0.3) is 11.8 Å². The van der Waals surface area contributed by atoms with Crippen molar-refractivity contribution in [1.29, 1.82) is 0 Å². The average molecular weight is 486 g/mol. The number of carbonyl (C=O) groups is 2. The Labute approximate surface area is 206 Å². The van der Waals surface area contributed by atoms with Crippen LogP contribution in [0.2, 0.25) is 0 Å². The summed E-state index contributed by atoms with van der Waals surface area (Å²) < 4.78 is 5.26. The zero-order valence-electron chi connectivity index (χ0n) is 18.9. The molecule has 0 atom stereocenters. The van der Waals surface area contributed by atoms with E-state index in [2.05, 4.69) is 20.8 Å². The Kier molecular flexibility index (Phi) is 7.49. The fourth-order valence-electron chi connectivity index (χ4n) is 3.09. The lowest BCUT2D eigenvalue weighted by atomic mass is 10.1. The van der Waals surface area contributed by atoms with Crippen LogP contribution >= 0.6 is 11.3 Å². The molecule has 8 nitrogen and oxygen atoms in total. The highest BCUT2D eigenvalue weighted by Gasteiger charge is 2.08. The lowest BCUT2D eigenvalue weighted by Crippen LogP contribution is -2.20. The number of benzene rings is 3. The minimum atomic E-state index is -0.559. The van der Waals surface area contributed by atoms with E-state index >= 15 is 0 Å². The van der Waals surface area contributed by atoms with Crippen LogP contribution < -0.4 is 21.2 Å². The number of aromatic nitrogens is 1. The monoisotopic (exact) mass is 485 g/mol. The molecule has 1 heterocycles. The van der Waals surface area contributed by atoms with Gasteiger partial charge < -0.3 is 15.8 Å². The van der Waals surface area contributed by atoms with E-state index in [0.29, 0.717) is 16.9 Å². The minimum absolute atomic E-state index is 0.210. The van der Waals surface area contributed by atoms with Gasteiger partial charge in [-0.25, -0.2) is 10.4 Å². The summed E-state index contributed by atoms with van der Waals surface area (Å²) in [7, 11) is 0. The van der Waals surface area contributed by atoms with Crippen molar-refractivity contribution in [2.45, 2.75) is 6.92 Å². The smallest absolute Gasteiger partial charge is 0.271 e. The highest BCUT2D eigenvalue weighted by Crippen LogP contribution is 2.27. The van der Waals surface area contributed by atoms with Crippen molar-refractivity contribution in [2.24, 2.45) is 10.8 Å². The Hall–Kier alpha value is -4.50. The van der Waals surface area contributed by atoms with Gasteiger partial charge in [0.15, 0.2) is 11.7 Å². The molecule has 0 aliphatic heterocycles. The molecule has 0 saturated heterocycles. The number of primary amides is 1. The topological polar surface area (TPSA) is 119 Å². The summed E-state index contributed by atoms with van der Waals surface area (Å²) in [5.74, 6) is -0.417. The maximum absolute atomic E-state index is 12.4. The predicted molar refractivity (Wildman–Crippen MR) is 138 cm³/mol. The minimum Gasteiger partial charge on any atom is -0.484 e. The van der Waals surface area contributed by atoms with Crippen LogP contribution in [-0.4, -0.2) is 29.6 Å². The van der Waals surface area contributed by atoms with Crippen LogP contribution in [0, 0.1) is 6.92 Å². The highest BCUT2D eigenvalue weighted by molar-refractivity contribution is 7.14. The van der Waals surface area contributed by atoms with Gasteiger partial charge in [-0.05, 0) is 48.9 Å². The highest BCUT2D eigenvalue weighted by atomic mass is 32.1. The van der Waals surface area contributed by atoms with Gasteiger partial charge >= 0.3 is 0 Å². The number of hydrogen-bond acceptors (Lipinski definition) is 7. The third kappa shape index (κ3) is 6.75. The summed E-state index contributed by atoms with van der Waals surface area (Å²) in [6, 6.07) is 22.2. The van der Waals surface area contributed by atoms with Gasteiger partial charge in [0.2, 0.25) is 0 Å². The largest absolute Gasteiger partial charge is 0.484 e. The van der Waals surface area contributed by atoms with E-state index in [0.717, 1.165) is 22.1 Å². The molecule has 0 unspecified atom stereocenters. The predicted octanol–water partition coefficient (Wildman–Crippen LogP) is 4.49. The van der Waals surface area contributed by atoms with Crippen molar-refractivity contribution < 1.29 is 14.3 Å². The van der Waals surface area contributed by atoms with Gasteiger partial charge in [-0.3, -0.25) is 9.59 Å². The molecule has 0 radical (unpaired) electrons. The molecular formula is C26H23N5O3S. The number of aryl methyl sites for hydroxylation is 1. The summed E-state index contributed by atoms with van der Waals surface area (Å²) in [4.78, 5) is 27.9. The van der Waals surface area contributed by atoms with Gasteiger partial charge in [-0.15, -0.1) is 11.3 Å². The second-order valence-electron chi connectivity index (χ2n) is 7.63. The Morgan fingerprint density at radius 1 is 1.09 bits per heavy atom. The molecule has 3 aromatic carbocycles. The molecular weight excluding hydrogens is 462 g/mol. The number of nitrogens with two attached hydrogens (primary N) is 1. The van der Waals surface area contributed by atoms with E-state index in [1.807, 2.05) is 48.7 Å². The number of anilines is 2. The first-order valence-corrected chi connectivity index (χ1v) is 11.6. The first kappa shape index (κ1) is 23.7. The second kappa shape index (κ2) is 11.1. The van der Waals surface area contributed by atoms with Crippen LogP contribution in [0.4, 0.5) is 10.8 Å². The number of rotatable bonds is 9. The van der Waals surface area contributed by atoms with E-state index in [1.165, 1.54) is 23.1 Å². The lowest BCUT2D eigenvalue weighted by molar-refractivity contribution is -0.119. The second-order valence-corrected chi connectivity index (χ2v) is 8.49. The molecule has 0 saturated carbocycles. The molecule has 2 amide bonds. The standard InChI is InChI=1S/C26H23N5O3S/c1-17-5-11-21(12-6-17)29-26-30-23(16-35-26)19-7-9-20(10-8-19)25(33)31-28-14-18-3-2-4-22(13-18)34-15-24(27)32/h2-14,16H,15H2,1H3,(H2,27,32)(H,29,30)(H,31,33)/b28-14+. The van der Waals surface area contributed by atoms with Gasteiger partial charge in [0.1, 0.15) is 5.75 Å². The van der Waals surface area contributed by atoms with E-state index in [4.69, 9.17) is 10.5 Å². The van der Waals surface area contributed by atoms with Crippen LogP contribution in [0.15, 0.2) is 83.3 Å². The number of amides is 2. The molecule has 1 aromatic heterocycles. The number of thiazole rings is 1. The van der Waals surface area contributed by atoms with Crippen LogP contribution in [0.25, 0.3) is 11.3 Å². The van der Waals surface area contributed by atoms with Crippen molar-refractivity contribution in [3.63, 3.8) is 0 Å². The number of hydrazone groups is 1. The Morgan fingerprint density at radius 2 is 1.86 bits per heavy atom. The first-order valence-electron chi connectivity index (χ1n) is 10.7. The molecule has 0 aliphatic carbocycles. The van der Waals surface area contributed by atoms with E-state index in [1.54, 1.807) is 36.4 Å². The Balaban J connectivity index is 1.34. The quantitative estimate of drug-likeness (QED) is 0.238. The van der Waals surface area contributed by atoms with Crippen LogP contribution in [0.3, 0.4) is 0 Å². The zero-order chi connectivity index (χ0) is 24.6. The van der Waals surface area contributed by atoms with Crippen molar-refractivity contribution in [1.82, 2.24) is 10.4 Å². The van der Waals surface area contributed by atoms with Crippen molar-refractivity contribution in [3.8, 4) is 17.0 Å². The molecule has 0 fully saturated rings. The Morgan fingerprint density at radius 3 is 2.60 bits per heavy atom. The van der Waals surface area contributed by atoms with Gasteiger partial charge in [-0.1, -0.05) is 42.0 Å². The van der Waals surface area contributed by atoms with Gasteiger partial charge in [-0.2, -0.15) is 5.10 Å². The number of nitrogens with zero attached hydrogens (tertiary/aromatic N) is 2. The summed E-state index contributed by atoms with van der Waals surface area (Å²) in [5.41, 5.74) is 12.7. The SMILES string of the molecule is Cc1ccc(Nc2nc(-c3ccc(C(=O)N/N=C/c4cccc(OCC(N)=O)c4)cc3)cs2)cc1. The summed E-state index contributed by atoms with van der Waals surface area (Å²) in [6.07, 6.45) is 1.49. The molecule has 176 valence electrons. The molecule has 0 bridgehead atoms. The molecule has 35 heavy (non-hydrogen) atoms. The van der Waals surface area contributed by atoms with Crippen LogP contribution in [-0.2, 0) is 4.79 Å². The van der Waals surface area contributed by atoms with Crippen molar-refractivity contribution in [3.05, 3.63) is 94.9 Å². The Bertz CT molecular complexity index is 1350.